The summed E-state index contributed by atoms with van der Waals surface area (Å²) in [6.07, 6.45) is -0.431. The maximum Gasteiger partial charge on any atom is 0.339 e. The summed E-state index contributed by atoms with van der Waals surface area (Å²) in [5.41, 5.74) is 8.34. The van der Waals surface area contributed by atoms with Crippen molar-refractivity contribution in [3.63, 3.8) is 0 Å². The molecule has 0 N–H and O–H groups in total. The Hall–Kier alpha value is -2.09. The van der Waals surface area contributed by atoms with Crippen molar-refractivity contribution in [3.8, 4) is 0 Å². The fourth-order valence-corrected chi connectivity index (χ4v) is 2.63. The number of nitrogens with zero attached hydrogens (tertiary/aromatic N) is 4. The molecule has 0 radical (unpaired) electrons. The Kier molecular flexibility index (Phi) is 6.36. The molecule has 9 heteroatoms. The smallest absolute Gasteiger partial charge is 0.339 e. The molecule has 0 heterocycles. The highest BCUT2D eigenvalue weighted by Gasteiger charge is 2.19. The van der Waals surface area contributed by atoms with Gasteiger partial charge in [0.15, 0.2) is 6.23 Å². The lowest BCUT2D eigenvalue weighted by Crippen LogP contribution is -2.36. The predicted octanol–water partition coefficient (Wildman–Crippen LogP) is 2.53. The molecule has 0 saturated heterocycles. The van der Waals surface area contributed by atoms with Crippen LogP contribution in [0.4, 0.5) is 0 Å². The Morgan fingerprint density at radius 3 is 2.59 bits per heavy atom. The molecule has 0 aliphatic heterocycles. The lowest BCUT2D eigenvalue weighted by atomic mass is 10.2. The second-order valence-electron chi connectivity index (χ2n) is 4.40. The van der Waals surface area contributed by atoms with Crippen molar-refractivity contribution in [2.24, 2.45) is 4.52 Å². The fourth-order valence-electron chi connectivity index (χ4n) is 1.91. The molecule has 1 aromatic rings. The summed E-state index contributed by atoms with van der Waals surface area (Å²) in [4.78, 5) is 16.0. The van der Waals surface area contributed by atoms with Gasteiger partial charge >= 0.3 is 5.97 Å². The number of hydrogen-bond acceptors (Lipinski definition) is 5. The van der Waals surface area contributed by atoms with Crippen LogP contribution in [0.25, 0.3) is 10.4 Å². The molecule has 0 saturated carbocycles. The lowest BCUT2D eigenvalue weighted by Gasteiger charge is -2.25. The molecule has 8 nitrogen and oxygen atoms in total. The summed E-state index contributed by atoms with van der Waals surface area (Å²) in [5.74, 6) is -0.641. The summed E-state index contributed by atoms with van der Waals surface area (Å²) in [6, 6.07) is 5.20. The van der Waals surface area contributed by atoms with Gasteiger partial charge in [-0.3, -0.25) is 4.90 Å². The summed E-state index contributed by atoms with van der Waals surface area (Å²) in [7, 11) is -4.13. The van der Waals surface area contributed by atoms with Gasteiger partial charge in [0.05, 0.1) is 10.5 Å². The van der Waals surface area contributed by atoms with Crippen LogP contribution in [-0.4, -0.2) is 38.6 Å². The van der Waals surface area contributed by atoms with E-state index in [-0.39, 0.29) is 10.5 Å². The van der Waals surface area contributed by atoms with E-state index in [1.54, 1.807) is 6.92 Å². The van der Waals surface area contributed by atoms with E-state index in [0.717, 1.165) is 19.2 Å². The van der Waals surface area contributed by atoms with E-state index in [1.165, 1.54) is 18.2 Å². The maximum atomic E-state index is 12.1. The van der Waals surface area contributed by atoms with E-state index < -0.39 is 22.2 Å². The zero-order chi connectivity index (χ0) is 16.8. The lowest BCUT2D eigenvalue weighted by molar-refractivity contribution is -0.0197. The third-order valence-electron chi connectivity index (χ3n) is 3.12. The van der Waals surface area contributed by atoms with Crippen molar-refractivity contribution in [1.82, 2.24) is 4.90 Å². The first-order chi connectivity index (χ1) is 10.4. The number of esters is 1. The Bertz CT molecular complexity index is 679. The molecular weight excluding hydrogens is 308 g/mol. The van der Waals surface area contributed by atoms with Gasteiger partial charge in [-0.1, -0.05) is 19.9 Å². The highest BCUT2D eigenvalue weighted by atomic mass is 32.2. The zero-order valence-corrected chi connectivity index (χ0v) is 13.4. The van der Waals surface area contributed by atoms with Gasteiger partial charge in [0.2, 0.25) is 0 Å². The number of benzene rings is 1. The normalized spacial score (nSPS) is 12.5. The van der Waals surface area contributed by atoms with Gasteiger partial charge in [-0.05, 0) is 43.7 Å². The molecule has 0 spiro atoms. The van der Waals surface area contributed by atoms with Crippen LogP contribution < -0.4 is 0 Å². The fraction of sp³-hybridized carbons (Fsp3) is 0.462. The summed E-state index contributed by atoms with van der Waals surface area (Å²) in [5, 5.41) is 0. The zero-order valence-electron chi connectivity index (χ0n) is 12.6. The second-order valence-corrected chi connectivity index (χ2v) is 5.98. The van der Waals surface area contributed by atoms with Gasteiger partial charge in [0.1, 0.15) is 0 Å². The molecular formula is C13H18N4O4S. The molecule has 0 fully saturated rings. The highest BCUT2D eigenvalue weighted by molar-refractivity contribution is 7.90. The maximum absolute atomic E-state index is 12.1. The third kappa shape index (κ3) is 4.45. The predicted molar refractivity (Wildman–Crippen MR) is 80.6 cm³/mol. The molecule has 1 rings (SSSR count). The van der Waals surface area contributed by atoms with Crippen LogP contribution in [0.5, 0.6) is 0 Å². The second kappa shape index (κ2) is 7.79. The third-order valence-corrected chi connectivity index (χ3v) is 4.25. The van der Waals surface area contributed by atoms with Crippen molar-refractivity contribution >= 4 is 16.0 Å². The van der Waals surface area contributed by atoms with E-state index in [0.29, 0.717) is 0 Å². The molecule has 0 aliphatic rings. The summed E-state index contributed by atoms with van der Waals surface area (Å²) < 4.78 is 31.3. The number of sulfonamides is 1. The number of carbonyl (C=O) groups is 1. The van der Waals surface area contributed by atoms with Gasteiger partial charge in [-0.2, -0.15) is 0 Å². The van der Waals surface area contributed by atoms with E-state index in [1.807, 2.05) is 18.7 Å². The average Bonchev–Trinajstić information content (AvgIpc) is 2.48. The Balaban J connectivity index is 2.99. The van der Waals surface area contributed by atoms with E-state index in [2.05, 4.69) is 9.43 Å². The van der Waals surface area contributed by atoms with E-state index >= 15 is 0 Å². The Morgan fingerprint density at radius 1 is 1.41 bits per heavy atom. The first-order valence-electron chi connectivity index (χ1n) is 6.72. The van der Waals surface area contributed by atoms with Gasteiger partial charge in [0, 0.05) is 9.43 Å². The minimum absolute atomic E-state index is 0.0771. The summed E-state index contributed by atoms with van der Waals surface area (Å²) in [6.45, 7) is 7.07. The van der Waals surface area contributed by atoms with E-state index in [9.17, 15) is 13.2 Å². The standard InChI is InChI=1S/C13H18N4O4S/c1-4-17(5-2)10(3)21-13(18)11-7-6-8-12(9-11)22(19,20)16-15-14/h6-10H,4-5H2,1-3H3. The van der Waals surface area contributed by atoms with Gasteiger partial charge in [-0.15, -0.1) is 0 Å². The van der Waals surface area contributed by atoms with Crippen molar-refractivity contribution in [3.05, 3.63) is 40.3 Å². The van der Waals surface area contributed by atoms with Crippen LogP contribution >= 0.6 is 0 Å². The molecule has 0 amide bonds. The molecule has 1 atom stereocenters. The van der Waals surface area contributed by atoms with Crippen LogP contribution in [0.2, 0.25) is 0 Å². The van der Waals surface area contributed by atoms with Crippen LogP contribution in [-0.2, 0) is 14.8 Å². The molecule has 0 aromatic heterocycles. The van der Waals surface area contributed by atoms with Crippen molar-refractivity contribution in [2.45, 2.75) is 31.9 Å². The monoisotopic (exact) mass is 326 g/mol. The van der Waals surface area contributed by atoms with Crippen LogP contribution in [0.15, 0.2) is 33.7 Å². The number of ether oxygens (including phenoxy) is 1. The molecule has 0 aliphatic carbocycles. The number of rotatable bonds is 7. The minimum atomic E-state index is -4.13. The van der Waals surface area contributed by atoms with Crippen molar-refractivity contribution in [1.29, 1.82) is 0 Å². The van der Waals surface area contributed by atoms with Crippen molar-refractivity contribution in [2.75, 3.05) is 13.1 Å². The molecule has 0 bridgehead atoms. The minimum Gasteiger partial charge on any atom is -0.443 e. The summed E-state index contributed by atoms with van der Waals surface area (Å²) >= 11 is 0. The molecule has 22 heavy (non-hydrogen) atoms. The van der Waals surface area contributed by atoms with Gasteiger partial charge in [-0.25, -0.2) is 13.2 Å². The van der Waals surface area contributed by atoms with Crippen LogP contribution in [0.3, 0.4) is 0 Å². The SMILES string of the molecule is CCN(CC)C(C)OC(=O)c1cccc(S(=O)(=O)N=[N+]=[N-])c1. The molecule has 1 unspecified atom stereocenters. The highest BCUT2D eigenvalue weighted by Crippen LogP contribution is 2.16. The number of hydrogen-bond donors (Lipinski definition) is 0. The topological polar surface area (TPSA) is 112 Å². The average molecular weight is 326 g/mol. The molecule has 1 aromatic carbocycles. The van der Waals surface area contributed by atoms with Crippen LogP contribution in [0, 0.1) is 0 Å². The van der Waals surface area contributed by atoms with Crippen LogP contribution in [0.1, 0.15) is 31.1 Å². The number of azide groups is 1. The first kappa shape index (κ1) is 18.0. The Labute approximate surface area is 129 Å². The largest absolute Gasteiger partial charge is 0.443 e. The Morgan fingerprint density at radius 2 is 2.05 bits per heavy atom. The van der Waals surface area contributed by atoms with Crippen molar-refractivity contribution < 1.29 is 17.9 Å². The molecule has 120 valence electrons. The van der Waals surface area contributed by atoms with E-state index in [4.69, 9.17) is 10.3 Å². The van der Waals surface area contributed by atoms with Gasteiger partial charge in [0.25, 0.3) is 10.0 Å². The number of carbonyl (C=O) groups excluding carboxylic acids is 1. The van der Waals surface area contributed by atoms with Gasteiger partial charge < -0.3 is 4.74 Å². The first-order valence-corrected chi connectivity index (χ1v) is 8.16. The quantitative estimate of drug-likeness (QED) is 0.251.